The molecule has 1 aliphatic carbocycles. The predicted molar refractivity (Wildman–Crippen MR) is 70.9 cm³/mol. The summed E-state index contributed by atoms with van der Waals surface area (Å²) in [6.07, 6.45) is 6.72. The Balaban J connectivity index is 1.82. The van der Waals surface area contributed by atoms with E-state index in [0.29, 0.717) is 12.7 Å². The number of fused-ring (bicyclic) bond motifs is 1. The molecule has 1 aromatic carbocycles. The van der Waals surface area contributed by atoms with E-state index in [1.54, 1.807) is 0 Å². The van der Waals surface area contributed by atoms with E-state index >= 15 is 0 Å². The van der Waals surface area contributed by atoms with Crippen LogP contribution < -0.4 is 15.2 Å². The van der Waals surface area contributed by atoms with Crippen molar-refractivity contribution in [3.63, 3.8) is 0 Å². The molecule has 1 unspecified atom stereocenters. The Hall–Kier alpha value is -1.22. The van der Waals surface area contributed by atoms with Gasteiger partial charge in [0.05, 0.1) is 0 Å². The van der Waals surface area contributed by atoms with Crippen LogP contribution in [0.2, 0.25) is 0 Å². The third kappa shape index (κ3) is 2.19. The number of benzene rings is 1. The highest BCUT2D eigenvalue weighted by molar-refractivity contribution is 5.45. The van der Waals surface area contributed by atoms with Crippen LogP contribution in [-0.2, 0) is 0 Å². The standard InChI is InChI=1S/C15H21NO2/c16-9-13(11-4-2-1-3-5-11)12-6-7-14-15(8-12)18-10-17-14/h6-8,11,13H,1-5,9-10,16H2. The summed E-state index contributed by atoms with van der Waals surface area (Å²) in [4.78, 5) is 0. The lowest BCUT2D eigenvalue weighted by Crippen LogP contribution is -2.23. The van der Waals surface area contributed by atoms with E-state index in [2.05, 4.69) is 12.1 Å². The molecule has 3 nitrogen and oxygen atoms in total. The molecule has 98 valence electrons. The Labute approximate surface area is 108 Å². The zero-order valence-electron chi connectivity index (χ0n) is 10.7. The second kappa shape index (κ2) is 5.19. The average Bonchev–Trinajstić information content (AvgIpc) is 2.88. The lowest BCUT2D eigenvalue weighted by Gasteiger charge is -2.29. The SMILES string of the molecule is NCC(c1ccc2c(c1)OCO2)C1CCCCC1. The van der Waals surface area contributed by atoms with Gasteiger partial charge in [0.2, 0.25) is 6.79 Å². The van der Waals surface area contributed by atoms with Crippen LogP contribution in [0.15, 0.2) is 18.2 Å². The number of hydrogen-bond acceptors (Lipinski definition) is 3. The number of rotatable bonds is 3. The van der Waals surface area contributed by atoms with Gasteiger partial charge in [-0.15, -0.1) is 0 Å². The average molecular weight is 247 g/mol. The zero-order chi connectivity index (χ0) is 12.4. The quantitative estimate of drug-likeness (QED) is 0.893. The summed E-state index contributed by atoms with van der Waals surface area (Å²) in [5, 5.41) is 0. The molecular formula is C15H21NO2. The Bertz CT molecular complexity index is 413. The number of ether oxygens (including phenoxy) is 2. The Morgan fingerprint density at radius 2 is 1.89 bits per heavy atom. The molecule has 3 rings (SSSR count). The minimum Gasteiger partial charge on any atom is -0.454 e. The molecule has 0 aromatic heterocycles. The normalized spacial score (nSPS) is 20.9. The van der Waals surface area contributed by atoms with Gasteiger partial charge in [-0.3, -0.25) is 0 Å². The molecule has 1 heterocycles. The molecule has 0 saturated heterocycles. The van der Waals surface area contributed by atoms with Crippen LogP contribution in [0.4, 0.5) is 0 Å². The fraction of sp³-hybridized carbons (Fsp3) is 0.600. The summed E-state index contributed by atoms with van der Waals surface area (Å²) in [7, 11) is 0. The van der Waals surface area contributed by atoms with Gasteiger partial charge in [0.15, 0.2) is 11.5 Å². The van der Waals surface area contributed by atoms with E-state index < -0.39 is 0 Å². The van der Waals surface area contributed by atoms with Crippen molar-refractivity contribution in [2.24, 2.45) is 11.7 Å². The van der Waals surface area contributed by atoms with Gasteiger partial charge < -0.3 is 15.2 Å². The molecule has 0 spiro atoms. The van der Waals surface area contributed by atoms with Crippen molar-refractivity contribution in [2.45, 2.75) is 38.0 Å². The summed E-state index contributed by atoms with van der Waals surface area (Å²) in [6, 6.07) is 6.29. The molecule has 0 bridgehead atoms. The second-order valence-corrected chi connectivity index (χ2v) is 5.35. The van der Waals surface area contributed by atoms with Gasteiger partial charge in [-0.1, -0.05) is 25.3 Å². The van der Waals surface area contributed by atoms with E-state index in [1.165, 1.54) is 37.7 Å². The van der Waals surface area contributed by atoms with E-state index in [1.807, 2.05) is 6.07 Å². The van der Waals surface area contributed by atoms with Gasteiger partial charge in [-0.2, -0.15) is 0 Å². The maximum atomic E-state index is 6.01. The molecule has 0 amide bonds. The van der Waals surface area contributed by atoms with Gasteiger partial charge in [0, 0.05) is 0 Å². The first-order valence-corrected chi connectivity index (χ1v) is 6.98. The molecule has 2 N–H and O–H groups in total. The maximum absolute atomic E-state index is 6.01. The van der Waals surface area contributed by atoms with Crippen LogP contribution in [0.1, 0.15) is 43.6 Å². The first-order chi connectivity index (χ1) is 8.88. The fourth-order valence-corrected chi connectivity index (χ4v) is 3.28. The number of hydrogen-bond donors (Lipinski definition) is 1. The van der Waals surface area contributed by atoms with Gasteiger partial charge in [-0.25, -0.2) is 0 Å². The zero-order valence-corrected chi connectivity index (χ0v) is 10.7. The summed E-state index contributed by atoms with van der Waals surface area (Å²) >= 11 is 0. The van der Waals surface area contributed by atoms with Crippen molar-refractivity contribution in [3.05, 3.63) is 23.8 Å². The smallest absolute Gasteiger partial charge is 0.231 e. The molecule has 3 heteroatoms. The highest BCUT2D eigenvalue weighted by Gasteiger charge is 2.25. The van der Waals surface area contributed by atoms with Crippen LogP contribution in [-0.4, -0.2) is 13.3 Å². The lowest BCUT2D eigenvalue weighted by atomic mass is 9.77. The Morgan fingerprint density at radius 3 is 2.67 bits per heavy atom. The van der Waals surface area contributed by atoms with E-state index in [-0.39, 0.29) is 0 Å². The van der Waals surface area contributed by atoms with Crippen molar-refractivity contribution in [2.75, 3.05) is 13.3 Å². The van der Waals surface area contributed by atoms with E-state index in [9.17, 15) is 0 Å². The maximum Gasteiger partial charge on any atom is 0.231 e. The lowest BCUT2D eigenvalue weighted by molar-refractivity contribution is 0.174. The molecule has 0 radical (unpaired) electrons. The van der Waals surface area contributed by atoms with Crippen molar-refractivity contribution in [3.8, 4) is 11.5 Å². The van der Waals surface area contributed by atoms with Gasteiger partial charge >= 0.3 is 0 Å². The van der Waals surface area contributed by atoms with Crippen LogP contribution in [0.3, 0.4) is 0 Å². The van der Waals surface area contributed by atoms with Crippen molar-refractivity contribution in [1.82, 2.24) is 0 Å². The molecule has 18 heavy (non-hydrogen) atoms. The molecular weight excluding hydrogens is 226 g/mol. The van der Waals surface area contributed by atoms with Gasteiger partial charge in [0.25, 0.3) is 0 Å². The molecule has 1 saturated carbocycles. The first-order valence-electron chi connectivity index (χ1n) is 6.98. The van der Waals surface area contributed by atoms with Crippen molar-refractivity contribution < 1.29 is 9.47 Å². The largest absolute Gasteiger partial charge is 0.454 e. The monoisotopic (exact) mass is 247 g/mol. The molecule has 1 fully saturated rings. The van der Waals surface area contributed by atoms with Crippen molar-refractivity contribution >= 4 is 0 Å². The topological polar surface area (TPSA) is 44.5 Å². The van der Waals surface area contributed by atoms with Crippen LogP contribution >= 0.6 is 0 Å². The molecule has 1 aliphatic heterocycles. The molecule has 1 atom stereocenters. The summed E-state index contributed by atoms with van der Waals surface area (Å²) in [5.41, 5.74) is 7.32. The minimum absolute atomic E-state index is 0.343. The number of nitrogens with two attached hydrogens (primary N) is 1. The second-order valence-electron chi connectivity index (χ2n) is 5.35. The Kier molecular flexibility index (Phi) is 3.41. The highest BCUT2D eigenvalue weighted by atomic mass is 16.7. The third-order valence-electron chi connectivity index (χ3n) is 4.30. The molecule has 1 aromatic rings. The van der Waals surface area contributed by atoms with Crippen LogP contribution in [0.25, 0.3) is 0 Å². The first kappa shape index (κ1) is 11.8. The summed E-state index contributed by atoms with van der Waals surface area (Å²) in [6.45, 7) is 1.07. The van der Waals surface area contributed by atoms with Crippen LogP contribution in [0, 0.1) is 5.92 Å². The van der Waals surface area contributed by atoms with Crippen LogP contribution in [0.5, 0.6) is 11.5 Å². The van der Waals surface area contributed by atoms with Gasteiger partial charge in [-0.05, 0) is 48.9 Å². The highest BCUT2D eigenvalue weighted by Crippen LogP contribution is 2.39. The summed E-state index contributed by atoms with van der Waals surface area (Å²) < 4.78 is 10.8. The Morgan fingerprint density at radius 1 is 1.11 bits per heavy atom. The third-order valence-corrected chi connectivity index (χ3v) is 4.30. The summed E-state index contributed by atoms with van der Waals surface area (Å²) in [5.74, 6) is 2.95. The van der Waals surface area contributed by atoms with E-state index in [4.69, 9.17) is 15.2 Å². The predicted octanol–water partition coefficient (Wildman–Crippen LogP) is 3.04. The van der Waals surface area contributed by atoms with Crippen molar-refractivity contribution in [1.29, 1.82) is 0 Å². The molecule has 2 aliphatic rings. The minimum atomic E-state index is 0.343. The van der Waals surface area contributed by atoms with E-state index in [0.717, 1.165) is 24.0 Å². The van der Waals surface area contributed by atoms with Gasteiger partial charge in [0.1, 0.15) is 0 Å². The fourth-order valence-electron chi connectivity index (χ4n) is 3.28.